The highest BCUT2D eigenvalue weighted by Gasteiger charge is 2.29. The Morgan fingerprint density at radius 1 is 1.42 bits per heavy atom. The summed E-state index contributed by atoms with van der Waals surface area (Å²) in [6.07, 6.45) is 1.25. The Labute approximate surface area is 122 Å². The number of anilines is 1. The Morgan fingerprint density at radius 3 is 2.68 bits per heavy atom. The van der Waals surface area contributed by atoms with E-state index in [-0.39, 0.29) is 0 Å². The molecular weight excluding hydrogens is 256 g/mol. The molecule has 0 saturated carbocycles. The van der Waals surface area contributed by atoms with Gasteiger partial charge in [-0.25, -0.2) is 0 Å². The minimum atomic E-state index is 0.307. The van der Waals surface area contributed by atoms with Crippen LogP contribution >= 0.6 is 11.6 Å². The van der Waals surface area contributed by atoms with Crippen molar-refractivity contribution in [2.45, 2.75) is 40.2 Å². The second kappa shape index (κ2) is 5.72. The molecule has 1 aromatic rings. The van der Waals surface area contributed by atoms with Gasteiger partial charge in [0.05, 0.1) is 0 Å². The lowest BCUT2D eigenvalue weighted by molar-refractivity contribution is 0.418. The molecule has 1 N–H and O–H groups in total. The van der Waals surface area contributed by atoms with Gasteiger partial charge in [0.25, 0.3) is 0 Å². The molecule has 1 aliphatic heterocycles. The van der Waals surface area contributed by atoms with Gasteiger partial charge in [0, 0.05) is 29.8 Å². The zero-order chi connectivity index (χ0) is 14.0. The molecule has 106 valence electrons. The summed E-state index contributed by atoms with van der Waals surface area (Å²) in [6, 6.07) is 6.79. The highest BCUT2D eigenvalue weighted by atomic mass is 35.5. The van der Waals surface area contributed by atoms with Crippen molar-refractivity contribution >= 4 is 17.3 Å². The second-order valence-corrected chi connectivity index (χ2v) is 6.73. The molecule has 0 radical (unpaired) electrons. The molecule has 0 aromatic heterocycles. The van der Waals surface area contributed by atoms with Crippen LogP contribution in [0.15, 0.2) is 18.2 Å². The minimum Gasteiger partial charge on any atom is -0.371 e. The number of nitrogens with one attached hydrogen (secondary N) is 1. The first-order valence-electron chi connectivity index (χ1n) is 7.21. The highest BCUT2D eigenvalue weighted by molar-refractivity contribution is 6.31. The van der Waals surface area contributed by atoms with E-state index in [9.17, 15) is 0 Å². The summed E-state index contributed by atoms with van der Waals surface area (Å²) in [7, 11) is 0. The third kappa shape index (κ3) is 3.43. The fourth-order valence-corrected chi connectivity index (χ4v) is 3.15. The van der Waals surface area contributed by atoms with Gasteiger partial charge in [-0.15, -0.1) is 0 Å². The monoisotopic (exact) mass is 280 g/mol. The van der Waals surface area contributed by atoms with Crippen molar-refractivity contribution in [2.75, 3.05) is 24.5 Å². The van der Waals surface area contributed by atoms with E-state index in [2.05, 4.69) is 56.1 Å². The highest BCUT2D eigenvalue weighted by Crippen LogP contribution is 2.35. The van der Waals surface area contributed by atoms with Crippen LogP contribution in [0.3, 0.4) is 0 Å². The van der Waals surface area contributed by atoms with Crippen LogP contribution in [0.4, 0.5) is 5.69 Å². The Balaban J connectivity index is 2.15. The predicted molar refractivity (Wildman–Crippen MR) is 84.2 cm³/mol. The lowest BCUT2D eigenvalue weighted by atomic mass is 9.93. The van der Waals surface area contributed by atoms with E-state index in [1.807, 2.05) is 0 Å². The Bertz CT molecular complexity index is 442. The molecule has 1 heterocycles. The summed E-state index contributed by atoms with van der Waals surface area (Å²) >= 11 is 6.44. The Morgan fingerprint density at radius 2 is 2.16 bits per heavy atom. The van der Waals surface area contributed by atoms with E-state index in [4.69, 9.17) is 11.6 Å². The minimum absolute atomic E-state index is 0.307. The smallest absolute Gasteiger partial charge is 0.0474 e. The molecule has 0 spiro atoms. The van der Waals surface area contributed by atoms with Crippen LogP contribution < -0.4 is 10.2 Å². The van der Waals surface area contributed by atoms with Gasteiger partial charge in [-0.3, -0.25) is 0 Å². The van der Waals surface area contributed by atoms with Gasteiger partial charge in [0.15, 0.2) is 0 Å². The van der Waals surface area contributed by atoms with Gasteiger partial charge in [-0.1, -0.05) is 38.4 Å². The van der Waals surface area contributed by atoms with Gasteiger partial charge < -0.3 is 10.2 Å². The SMILES string of the molecule is CCNC(C)c1ccc(N2CCC(C)(C)C2)cc1Cl. The molecule has 2 nitrogen and oxygen atoms in total. The molecule has 1 saturated heterocycles. The summed E-state index contributed by atoms with van der Waals surface area (Å²) in [5.41, 5.74) is 2.86. The molecule has 0 aliphatic carbocycles. The molecule has 1 unspecified atom stereocenters. The predicted octanol–water partition coefficient (Wildman–Crippen LogP) is 4.25. The van der Waals surface area contributed by atoms with E-state index in [0.29, 0.717) is 11.5 Å². The van der Waals surface area contributed by atoms with Crippen molar-refractivity contribution in [1.82, 2.24) is 5.32 Å². The van der Waals surface area contributed by atoms with Crippen molar-refractivity contribution in [1.29, 1.82) is 0 Å². The fourth-order valence-electron chi connectivity index (χ4n) is 2.81. The van der Waals surface area contributed by atoms with Gasteiger partial charge in [-0.2, -0.15) is 0 Å². The number of rotatable bonds is 4. The van der Waals surface area contributed by atoms with Crippen LogP contribution in [0.2, 0.25) is 5.02 Å². The van der Waals surface area contributed by atoms with E-state index < -0.39 is 0 Å². The Hall–Kier alpha value is -0.730. The summed E-state index contributed by atoms with van der Waals surface area (Å²) in [6.45, 7) is 12.1. The van der Waals surface area contributed by atoms with Crippen molar-refractivity contribution in [3.05, 3.63) is 28.8 Å². The van der Waals surface area contributed by atoms with E-state index in [1.54, 1.807) is 0 Å². The largest absolute Gasteiger partial charge is 0.371 e. The molecule has 0 amide bonds. The van der Waals surface area contributed by atoms with Crippen molar-refractivity contribution in [3.8, 4) is 0 Å². The third-order valence-corrected chi connectivity index (χ3v) is 4.33. The van der Waals surface area contributed by atoms with Crippen LogP contribution in [0, 0.1) is 5.41 Å². The van der Waals surface area contributed by atoms with Crippen LogP contribution in [0.1, 0.15) is 45.7 Å². The van der Waals surface area contributed by atoms with E-state index in [0.717, 1.165) is 24.7 Å². The molecule has 1 fully saturated rings. The Kier molecular flexibility index (Phi) is 4.42. The zero-order valence-electron chi connectivity index (χ0n) is 12.5. The summed E-state index contributed by atoms with van der Waals surface area (Å²) in [4.78, 5) is 2.44. The standard InChI is InChI=1S/C16H25ClN2/c1-5-18-12(2)14-7-6-13(10-15(14)17)19-9-8-16(3,4)11-19/h6-7,10,12,18H,5,8-9,11H2,1-4H3. The topological polar surface area (TPSA) is 15.3 Å². The van der Waals surface area contributed by atoms with Gasteiger partial charge in [0.2, 0.25) is 0 Å². The number of hydrogen-bond acceptors (Lipinski definition) is 2. The average Bonchev–Trinajstić information content (AvgIpc) is 2.70. The maximum absolute atomic E-state index is 6.44. The normalized spacial score (nSPS) is 19.7. The first-order valence-corrected chi connectivity index (χ1v) is 7.58. The number of nitrogens with zero attached hydrogens (tertiary/aromatic N) is 1. The summed E-state index contributed by atoms with van der Waals surface area (Å²) in [5, 5.41) is 4.28. The lowest BCUT2D eigenvalue weighted by Gasteiger charge is -2.23. The summed E-state index contributed by atoms with van der Waals surface area (Å²) < 4.78 is 0. The molecule has 1 aliphatic rings. The first-order chi connectivity index (χ1) is 8.93. The quantitative estimate of drug-likeness (QED) is 0.887. The van der Waals surface area contributed by atoms with Crippen LogP contribution in [-0.2, 0) is 0 Å². The number of hydrogen-bond donors (Lipinski definition) is 1. The van der Waals surface area contributed by atoms with Gasteiger partial charge in [-0.05, 0) is 43.0 Å². The third-order valence-electron chi connectivity index (χ3n) is 4.00. The second-order valence-electron chi connectivity index (χ2n) is 6.32. The number of halogens is 1. The van der Waals surface area contributed by atoms with Crippen molar-refractivity contribution in [3.63, 3.8) is 0 Å². The molecule has 0 bridgehead atoms. The molecule has 3 heteroatoms. The van der Waals surface area contributed by atoms with Gasteiger partial charge in [0.1, 0.15) is 0 Å². The maximum Gasteiger partial charge on any atom is 0.0474 e. The maximum atomic E-state index is 6.44. The van der Waals surface area contributed by atoms with Gasteiger partial charge >= 0.3 is 0 Å². The zero-order valence-corrected chi connectivity index (χ0v) is 13.2. The van der Waals surface area contributed by atoms with E-state index in [1.165, 1.54) is 17.7 Å². The van der Waals surface area contributed by atoms with E-state index >= 15 is 0 Å². The summed E-state index contributed by atoms with van der Waals surface area (Å²) in [5.74, 6) is 0. The van der Waals surface area contributed by atoms with Crippen molar-refractivity contribution < 1.29 is 0 Å². The molecule has 1 aromatic carbocycles. The molecule has 19 heavy (non-hydrogen) atoms. The average molecular weight is 281 g/mol. The lowest BCUT2D eigenvalue weighted by Crippen LogP contribution is -2.23. The molecule has 1 atom stereocenters. The van der Waals surface area contributed by atoms with Crippen molar-refractivity contribution in [2.24, 2.45) is 5.41 Å². The van der Waals surface area contributed by atoms with Crippen LogP contribution in [0.5, 0.6) is 0 Å². The van der Waals surface area contributed by atoms with Crippen LogP contribution in [-0.4, -0.2) is 19.6 Å². The fraction of sp³-hybridized carbons (Fsp3) is 0.625. The molecular formula is C16H25ClN2. The van der Waals surface area contributed by atoms with Crippen LogP contribution in [0.25, 0.3) is 0 Å². The number of benzene rings is 1. The first kappa shape index (κ1) is 14.7. The molecule has 2 rings (SSSR count).